The Morgan fingerprint density at radius 1 is 1.40 bits per heavy atom. The van der Waals surface area contributed by atoms with E-state index in [4.69, 9.17) is 4.74 Å². The Kier molecular flexibility index (Phi) is 4.67. The van der Waals surface area contributed by atoms with Crippen LogP contribution in [-0.2, 0) is 9.53 Å². The SMILES string of the molecule is CN[C@@H](C(=O)O)c1cc(F)cc(F)c1C1CCOCC1. The fourth-order valence-corrected chi connectivity index (χ4v) is 2.67. The van der Waals surface area contributed by atoms with Crippen molar-refractivity contribution in [2.45, 2.75) is 24.8 Å². The van der Waals surface area contributed by atoms with E-state index in [0.29, 0.717) is 26.1 Å². The molecule has 20 heavy (non-hydrogen) atoms. The molecule has 110 valence electrons. The normalized spacial score (nSPS) is 17.9. The second-order valence-corrected chi connectivity index (χ2v) is 4.84. The third-order valence-corrected chi connectivity index (χ3v) is 3.60. The second-order valence-electron chi connectivity index (χ2n) is 4.84. The lowest BCUT2D eigenvalue weighted by Gasteiger charge is -2.27. The number of hydrogen-bond acceptors (Lipinski definition) is 3. The van der Waals surface area contributed by atoms with E-state index in [1.54, 1.807) is 0 Å². The minimum absolute atomic E-state index is 0.144. The van der Waals surface area contributed by atoms with Crippen LogP contribution in [0.4, 0.5) is 8.78 Å². The van der Waals surface area contributed by atoms with Gasteiger partial charge in [0.25, 0.3) is 0 Å². The first-order valence-corrected chi connectivity index (χ1v) is 6.51. The summed E-state index contributed by atoms with van der Waals surface area (Å²) in [6, 6.07) is 0.782. The van der Waals surface area contributed by atoms with Crippen molar-refractivity contribution in [3.8, 4) is 0 Å². The van der Waals surface area contributed by atoms with E-state index in [-0.39, 0.29) is 17.0 Å². The van der Waals surface area contributed by atoms with E-state index in [2.05, 4.69) is 5.32 Å². The van der Waals surface area contributed by atoms with Crippen LogP contribution in [0.15, 0.2) is 12.1 Å². The van der Waals surface area contributed by atoms with Gasteiger partial charge in [0, 0.05) is 19.3 Å². The van der Waals surface area contributed by atoms with Gasteiger partial charge in [-0.05, 0) is 43.0 Å². The average molecular weight is 285 g/mol. The molecular formula is C14H17F2NO3. The molecule has 1 aromatic carbocycles. The minimum Gasteiger partial charge on any atom is -0.480 e. The topological polar surface area (TPSA) is 58.6 Å². The van der Waals surface area contributed by atoms with Gasteiger partial charge in [-0.3, -0.25) is 4.79 Å². The molecule has 2 N–H and O–H groups in total. The molecule has 0 unspecified atom stereocenters. The van der Waals surface area contributed by atoms with Crippen molar-refractivity contribution in [2.24, 2.45) is 0 Å². The maximum absolute atomic E-state index is 14.2. The number of carboxylic acid groups (broad SMARTS) is 1. The minimum atomic E-state index is -1.16. The van der Waals surface area contributed by atoms with Crippen molar-refractivity contribution < 1.29 is 23.4 Å². The van der Waals surface area contributed by atoms with Gasteiger partial charge in [0.15, 0.2) is 0 Å². The van der Waals surface area contributed by atoms with Crippen LogP contribution >= 0.6 is 0 Å². The monoisotopic (exact) mass is 285 g/mol. The third kappa shape index (κ3) is 2.96. The Labute approximate surface area is 115 Å². The number of carboxylic acids is 1. The number of nitrogens with one attached hydrogen (secondary N) is 1. The summed E-state index contributed by atoms with van der Waals surface area (Å²) in [6.07, 6.45) is 1.21. The lowest BCUT2D eigenvalue weighted by Crippen LogP contribution is -2.28. The molecule has 2 rings (SSSR count). The van der Waals surface area contributed by atoms with Crippen LogP contribution in [0.5, 0.6) is 0 Å². The highest BCUT2D eigenvalue weighted by atomic mass is 19.1. The van der Waals surface area contributed by atoms with E-state index in [1.807, 2.05) is 0 Å². The molecule has 0 bridgehead atoms. The van der Waals surface area contributed by atoms with Crippen LogP contribution in [0, 0.1) is 11.6 Å². The molecule has 1 atom stereocenters. The molecule has 1 aromatic rings. The lowest BCUT2D eigenvalue weighted by molar-refractivity contribution is -0.139. The number of carbonyl (C=O) groups is 1. The fourth-order valence-electron chi connectivity index (χ4n) is 2.67. The number of hydrogen-bond donors (Lipinski definition) is 2. The zero-order chi connectivity index (χ0) is 14.7. The highest BCUT2D eigenvalue weighted by Crippen LogP contribution is 2.35. The molecule has 0 saturated carbocycles. The maximum Gasteiger partial charge on any atom is 0.325 e. The Morgan fingerprint density at radius 3 is 2.60 bits per heavy atom. The number of ether oxygens (including phenoxy) is 1. The van der Waals surface area contributed by atoms with Crippen LogP contribution in [0.2, 0.25) is 0 Å². The van der Waals surface area contributed by atoms with Crippen LogP contribution in [0.3, 0.4) is 0 Å². The van der Waals surface area contributed by atoms with Crippen molar-refractivity contribution in [1.82, 2.24) is 5.32 Å². The van der Waals surface area contributed by atoms with E-state index in [9.17, 15) is 18.7 Å². The van der Waals surface area contributed by atoms with Crippen LogP contribution in [0.1, 0.15) is 35.9 Å². The Morgan fingerprint density at radius 2 is 2.05 bits per heavy atom. The quantitative estimate of drug-likeness (QED) is 0.890. The van der Waals surface area contributed by atoms with E-state index < -0.39 is 23.6 Å². The van der Waals surface area contributed by atoms with Gasteiger partial charge in [-0.1, -0.05) is 0 Å². The summed E-state index contributed by atoms with van der Waals surface area (Å²) >= 11 is 0. The molecule has 1 aliphatic rings. The van der Waals surface area contributed by atoms with Crippen molar-refractivity contribution >= 4 is 5.97 Å². The highest BCUT2D eigenvalue weighted by molar-refractivity contribution is 5.76. The maximum atomic E-state index is 14.2. The number of halogens is 2. The van der Waals surface area contributed by atoms with Gasteiger partial charge in [0.05, 0.1) is 0 Å². The zero-order valence-corrected chi connectivity index (χ0v) is 11.2. The van der Waals surface area contributed by atoms with Gasteiger partial charge < -0.3 is 15.2 Å². The predicted molar refractivity (Wildman–Crippen MR) is 68.6 cm³/mol. The molecule has 1 fully saturated rings. The molecule has 1 saturated heterocycles. The van der Waals surface area contributed by atoms with Crippen LogP contribution in [-0.4, -0.2) is 31.3 Å². The van der Waals surface area contributed by atoms with Gasteiger partial charge >= 0.3 is 5.97 Å². The number of rotatable bonds is 4. The molecule has 6 heteroatoms. The molecule has 0 aliphatic carbocycles. The Bertz CT molecular complexity index is 501. The summed E-state index contributed by atoms with van der Waals surface area (Å²) in [7, 11) is 1.45. The third-order valence-electron chi connectivity index (χ3n) is 3.60. The number of likely N-dealkylation sites (N-methyl/N-ethyl adjacent to an activating group) is 1. The van der Waals surface area contributed by atoms with E-state index in [0.717, 1.165) is 12.1 Å². The van der Waals surface area contributed by atoms with E-state index in [1.165, 1.54) is 7.05 Å². The van der Waals surface area contributed by atoms with Crippen molar-refractivity contribution in [1.29, 1.82) is 0 Å². The highest BCUT2D eigenvalue weighted by Gasteiger charge is 2.29. The first-order valence-electron chi connectivity index (χ1n) is 6.51. The molecule has 0 amide bonds. The first-order chi connectivity index (χ1) is 9.54. The number of aliphatic carboxylic acids is 1. The standard InChI is InChI=1S/C14H17F2NO3/c1-17-13(14(18)19)10-6-9(15)7-11(16)12(10)8-2-4-20-5-3-8/h6-8,13,17H,2-5H2,1H3,(H,18,19)/t13-/m1/s1. The van der Waals surface area contributed by atoms with Gasteiger partial charge in [0.2, 0.25) is 0 Å². The van der Waals surface area contributed by atoms with Crippen molar-refractivity contribution in [3.63, 3.8) is 0 Å². The van der Waals surface area contributed by atoms with Crippen molar-refractivity contribution in [2.75, 3.05) is 20.3 Å². The molecule has 1 aliphatic heterocycles. The Hall–Kier alpha value is -1.53. The molecule has 0 spiro atoms. The molecule has 0 aromatic heterocycles. The largest absolute Gasteiger partial charge is 0.480 e. The summed E-state index contributed by atoms with van der Waals surface area (Å²) in [5.41, 5.74) is 0.445. The summed E-state index contributed by atoms with van der Waals surface area (Å²) in [5.74, 6) is -2.76. The molecule has 0 radical (unpaired) electrons. The summed E-state index contributed by atoms with van der Waals surface area (Å²) in [5, 5.41) is 11.8. The van der Waals surface area contributed by atoms with Crippen LogP contribution in [0.25, 0.3) is 0 Å². The van der Waals surface area contributed by atoms with Gasteiger partial charge in [-0.15, -0.1) is 0 Å². The first kappa shape index (κ1) is 14.9. The average Bonchev–Trinajstić information content (AvgIpc) is 2.39. The molecule has 4 nitrogen and oxygen atoms in total. The Balaban J connectivity index is 2.50. The molecular weight excluding hydrogens is 268 g/mol. The second kappa shape index (κ2) is 6.28. The van der Waals surface area contributed by atoms with Gasteiger partial charge in [0.1, 0.15) is 17.7 Å². The fraction of sp³-hybridized carbons (Fsp3) is 0.500. The van der Waals surface area contributed by atoms with E-state index >= 15 is 0 Å². The predicted octanol–water partition coefficient (Wildman–Crippen LogP) is 2.20. The molecule has 1 heterocycles. The van der Waals surface area contributed by atoms with Crippen molar-refractivity contribution in [3.05, 3.63) is 34.9 Å². The number of benzene rings is 1. The van der Waals surface area contributed by atoms with Gasteiger partial charge in [-0.25, -0.2) is 8.78 Å². The summed E-state index contributed by atoms with van der Waals surface area (Å²) in [4.78, 5) is 11.3. The zero-order valence-electron chi connectivity index (χ0n) is 11.2. The lowest BCUT2D eigenvalue weighted by atomic mass is 9.85. The summed E-state index contributed by atoms with van der Waals surface area (Å²) in [6.45, 7) is 0.996. The summed E-state index contributed by atoms with van der Waals surface area (Å²) < 4.78 is 32.8. The van der Waals surface area contributed by atoms with Crippen LogP contribution < -0.4 is 5.32 Å². The smallest absolute Gasteiger partial charge is 0.325 e. The van der Waals surface area contributed by atoms with Gasteiger partial charge in [-0.2, -0.15) is 0 Å².